The van der Waals surface area contributed by atoms with E-state index in [-0.39, 0.29) is 18.8 Å². The van der Waals surface area contributed by atoms with Gasteiger partial charge >= 0.3 is 5.97 Å². The van der Waals surface area contributed by atoms with Crippen LogP contribution in [-0.4, -0.2) is 33.1 Å². The Balaban J connectivity index is 2.45. The molecule has 1 aliphatic rings. The van der Waals surface area contributed by atoms with Gasteiger partial charge in [0.05, 0.1) is 12.5 Å². The van der Waals surface area contributed by atoms with E-state index < -0.39 is 17.8 Å². The van der Waals surface area contributed by atoms with Crippen LogP contribution in [-0.2, 0) is 4.79 Å². The van der Waals surface area contributed by atoms with Gasteiger partial charge in [-0.3, -0.25) is 4.79 Å². The summed E-state index contributed by atoms with van der Waals surface area (Å²) in [6.07, 6.45) is 3.44. The molecule has 5 N–H and O–H groups in total. The standard InChI is InChI=1S/C11H21NO4/c12-11(16,7-9(13)6-10(14)15)8-4-2-1-3-5-8/h8-9,13,16H,1-7,12H2,(H,14,15)/t9-,11+/m1/s1. The number of hydrogen-bond donors (Lipinski definition) is 4. The molecule has 0 aromatic rings. The van der Waals surface area contributed by atoms with Gasteiger partial charge in [-0.2, -0.15) is 0 Å². The van der Waals surface area contributed by atoms with Crippen molar-refractivity contribution in [2.45, 2.75) is 56.8 Å². The van der Waals surface area contributed by atoms with E-state index in [1.165, 1.54) is 0 Å². The molecular weight excluding hydrogens is 210 g/mol. The highest BCUT2D eigenvalue weighted by molar-refractivity contribution is 5.67. The number of hydrogen-bond acceptors (Lipinski definition) is 4. The first-order valence-electron chi connectivity index (χ1n) is 5.83. The van der Waals surface area contributed by atoms with Gasteiger partial charge in [0.2, 0.25) is 0 Å². The second kappa shape index (κ2) is 5.61. The molecule has 0 saturated heterocycles. The highest BCUT2D eigenvalue weighted by atomic mass is 16.4. The van der Waals surface area contributed by atoms with Crippen LogP contribution in [0, 0.1) is 5.92 Å². The van der Waals surface area contributed by atoms with Gasteiger partial charge in [-0.05, 0) is 12.8 Å². The van der Waals surface area contributed by atoms with Crippen molar-refractivity contribution in [2.75, 3.05) is 0 Å². The van der Waals surface area contributed by atoms with E-state index in [0.717, 1.165) is 32.1 Å². The fourth-order valence-electron chi connectivity index (χ4n) is 2.42. The molecule has 5 heteroatoms. The molecule has 0 heterocycles. The Morgan fingerprint density at radius 1 is 1.38 bits per heavy atom. The molecule has 0 aromatic heterocycles. The van der Waals surface area contributed by atoms with Crippen LogP contribution < -0.4 is 5.73 Å². The van der Waals surface area contributed by atoms with E-state index >= 15 is 0 Å². The van der Waals surface area contributed by atoms with E-state index in [1.54, 1.807) is 0 Å². The minimum Gasteiger partial charge on any atom is -0.481 e. The van der Waals surface area contributed by atoms with E-state index in [4.69, 9.17) is 10.8 Å². The Labute approximate surface area is 95.3 Å². The first-order chi connectivity index (χ1) is 7.42. The average Bonchev–Trinajstić information content (AvgIpc) is 2.16. The molecule has 5 nitrogen and oxygen atoms in total. The van der Waals surface area contributed by atoms with Crippen LogP contribution in [0.25, 0.3) is 0 Å². The Morgan fingerprint density at radius 3 is 2.44 bits per heavy atom. The minimum absolute atomic E-state index is 0.0234. The van der Waals surface area contributed by atoms with Crippen LogP contribution >= 0.6 is 0 Å². The lowest BCUT2D eigenvalue weighted by Crippen LogP contribution is -2.50. The highest BCUT2D eigenvalue weighted by Crippen LogP contribution is 2.32. The molecular formula is C11H21NO4. The fourth-order valence-corrected chi connectivity index (χ4v) is 2.42. The van der Waals surface area contributed by atoms with E-state index in [2.05, 4.69) is 0 Å². The predicted molar refractivity (Wildman–Crippen MR) is 58.6 cm³/mol. The first-order valence-corrected chi connectivity index (χ1v) is 5.83. The van der Waals surface area contributed by atoms with E-state index in [0.29, 0.717) is 0 Å². The lowest BCUT2D eigenvalue weighted by atomic mass is 9.79. The Hall–Kier alpha value is -0.650. The summed E-state index contributed by atoms with van der Waals surface area (Å²) < 4.78 is 0. The molecule has 2 atom stereocenters. The van der Waals surface area contributed by atoms with Gasteiger partial charge in [0, 0.05) is 12.3 Å². The summed E-state index contributed by atoms with van der Waals surface area (Å²) in [5.74, 6) is -1.10. The number of carbonyl (C=O) groups is 1. The summed E-state index contributed by atoms with van der Waals surface area (Å²) in [4.78, 5) is 10.4. The predicted octanol–water partition coefficient (Wildman–Crippen LogP) is 0.440. The Morgan fingerprint density at radius 2 is 1.94 bits per heavy atom. The Bertz CT molecular complexity index is 236. The zero-order valence-corrected chi connectivity index (χ0v) is 9.43. The van der Waals surface area contributed by atoms with Gasteiger partial charge in [-0.15, -0.1) is 0 Å². The number of aliphatic carboxylic acids is 1. The molecule has 0 aromatic carbocycles. The second-order valence-corrected chi connectivity index (χ2v) is 4.78. The molecule has 1 fully saturated rings. The summed E-state index contributed by atoms with van der Waals surface area (Å²) in [6.45, 7) is 0. The molecule has 0 aliphatic heterocycles. The molecule has 1 rings (SSSR count). The molecule has 0 radical (unpaired) electrons. The van der Waals surface area contributed by atoms with Gasteiger partial charge in [0.15, 0.2) is 0 Å². The molecule has 1 saturated carbocycles. The summed E-state index contributed by atoms with van der Waals surface area (Å²) in [5, 5.41) is 28.0. The van der Waals surface area contributed by atoms with Gasteiger partial charge in [-0.25, -0.2) is 0 Å². The van der Waals surface area contributed by atoms with Gasteiger partial charge in [0.1, 0.15) is 5.72 Å². The van der Waals surface area contributed by atoms with Crippen molar-refractivity contribution >= 4 is 5.97 Å². The van der Waals surface area contributed by atoms with Crippen LogP contribution in [0.4, 0.5) is 0 Å². The third-order valence-electron chi connectivity index (χ3n) is 3.28. The molecule has 16 heavy (non-hydrogen) atoms. The van der Waals surface area contributed by atoms with Gasteiger partial charge < -0.3 is 21.1 Å². The SMILES string of the molecule is N[C@](O)(C[C@H](O)CC(=O)O)C1CCCCC1. The average molecular weight is 231 g/mol. The monoisotopic (exact) mass is 231 g/mol. The van der Waals surface area contributed by atoms with Crippen LogP contribution in [0.1, 0.15) is 44.9 Å². The van der Waals surface area contributed by atoms with Gasteiger partial charge in [0.25, 0.3) is 0 Å². The highest BCUT2D eigenvalue weighted by Gasteiger charge is 2.35. The van der Waals surface area contributed by atoms with Crippen molar-refractivity contribution in [2.24, 2.45) is 11.7 Å². The summed E-state index contributed by atoms with van der Waals surface area (Å²) in [5.41, 5.74) is 4.34. The van der Waals surface area contributed by atoms with Crippen molar-refractivity contribution in [3.05, 3.63) is 0 Å². The topological polar surface area (TPSA) is 104 Å². The molecule has 0 unspecified atom stereocenters. The third kappa shape index (κ3) is 4.08. The van der Waals surface area contributed by atoms with Crippen molar-refractivity contribution in [3.8, 4) is 0 Å². The summed E-state index contributed by atoms with van der Waals surface area (Å²) in [6, 6.07) is 0. The first kappa shape index (κ1) is 13.4. The largest absolute Gasteiger partial charge is 0.481 e. The second-order valence-electron chi connectivity index (χ2n) is 4.78. The Kier molecular flexibility index (Phi) is 4.70. The van der Waals surface area contributed by atoms with Crippen molar-refractivity contribution < 1.29 is 20.1 Å². The summed E-state index contributed by atoms with van der Waals surface area (Å²) >= 11 is 0. The number of nitrogens with two attached hydrogens (primary N) is 1. The number of rotatable bonds is 5. The molecule has 0 amide bonds. The summed E-state index contributed by atoms with van der Waals surface area (Å²) in [7, 11) is 0. The zero-order chi connectivity index (χ0) is 12.2. The maximum atomic E-state index is 10.4. The maximum absolute atomic E-state index is 10.4. The molecule has 0 spiro atoms. The van der Waals surface area contributed by atoms with Gasteiger partial charge in [-0.1, -0.05) is 19.3 Å². The van der Waals surface area contributed by atoms with Crippen molar-refractivity contribution in [1.29, 1.82) is 0 Å². The third-order valence-corrected chi connectivity index (χ3v) is 3.28. The molecule has 1 aliphatic carbocycles. The smallest absolute Gasteiger partial charge is 0.305 e. The number of aliphatic hydroxyl groups is 2. The number of carboxylic acids is 1. The van der Waals surface area contributed by atoms with Crippen LogP contribution in [0.5, 0.6) is 0 Å². The van der Waals surface area contributed by atoms with Crippen LogP contribution in [0.2, 0.25) is 0 Å². The van der Waals surface area contributed by atoms with E-state index in [1.807, 2.05) is 0 Å². The maximum Gasteiger partial charge on any atom is 0.305 e. The van der Waals surface area contributed by atoms with E-state index in [9.17, 15) is 15.0 Å². The zero-order valence-electron chi connectivity index (χ0n) is 9.43. The molecule has 0 bridgehead atoms. The quantitative estimate of drug-likeness (QED) is 0.514. The van der Waals surface area contributed by atoms with Crippen LogP contribution in [0.3, 0.4) is 0 Å². The minimum atomic E-state index is -1.44. The lowest BCUT2D eigenvalue weighted by molar-refractivity contribution is -0.140. The van der Waals surface area contributed by atoms with Crippen molar-refractivity contribution in [3.63, 3.8) is 0 Å². The number of carboxylic acid groups (broad SMARTS) is 1. The fraction of sp³-hybridized carbons (Fsp3) is 0.909. The van der Waals surface area contributed by atoms with Crippen LogP contribution in [0.15, 0.2) is 0 Å². The lowest BCUT2D eigenvalue weighted by Gasteiger charge is -2.36. The normalized spacial score (nSPS) is 23.7. The van der Waals surface area contributed by atoms with Crippen molar-refractivity contribution in [1.82, 2.24) is 0 Å². The number of aliphatic hydroxyl groups excluding tert-OH is 1. The molecule has 94 valence electrons.